The van der Waals surface area contributed by atoms with Crippen molar-refractivity contribution in [1.82, 2.24) is 0 Å². The minimum atomic E-state index is -0.377. The zero-order valence-corrected chi connectivity index (χ0v) is 9.40. The van der Waals surface area contributed by atoms with Crippen molar-refractivity contribution in [2.24, 2.45) is 5.73 Å². The Morgan fingerprint density at radius 2 is 2.14 bits per heavy atom. The number of aromatic hydroxyl groups is 1. The van der Waals surface area contributed by atoms with Crippen LogP contribution in [0.5, 0.6) is 5.75 Å². The number of rotatable bonds is 2. The number of halogens is 2. The van der Waals surface area contributed by atoms with Crippen LogP contribution in [0.3, 0.4) is 0 Å². The Morgan fingerprint density at radius 1 is 1.57 bits per heavy atom. The number of nitrogens with two attached hydrogens (primary N) is 1. The number of hydrogen-bond acceptors (Lipinski definition) is 2. The summed E-state index contributed by atoms with van der Waals surface area (Å²) in [7, 11) is 0. The van der Waals surface area contributed by atoms with E-state index in [0.29, 0.717) is 10.6 Å². The normalized spacial score (nSPS) is 11.6. The van der Waals surface area contributed by atoms with Crippen molar-refractivity contribution >= 4 is 24.0 Å². The third-order valence-electron chi connectivity index (χ3n) is 1.91. The third kappa shape index (κ3) is 2.64. The first-order chi connectivity index (χ1) is 6.06. The smallest absolute Gasteiger partial charge is 0.123 e. The molecule has 1 aromatic carbocycles. The monoisotopic (exact) mass is 233 g/mol. The van der Waals surface area contributed by atoms with Crippen LogP contribution in [-0.2, 0) is 0 Å². The van der Waals surface area contributed by atoms with Gasteiger partial charge >= 0.3 is 0 Å². The lowest BCUT2D eigenvalue weighted by Crippen LogP contribution is -2.07. The highest BCUT2D eigenvalue weighted by atomic mass is 35.5. The van der Waals surface area contributed by atoms with Crippen molar-refractivity contribution in [3.05, 3.63) is 40.9 Å². The summed E-state index contributed by atoms with van der Waals surface area (Å²) in [5, 5.41) is 10.2. The van der Waals surface area contributed by atoms with Crippen LogP contribution in [0.15, 0.2) is 24.8 Å². The summed E-state index contributed by atoms with van der Waals surface area (Å²) in [4.78, 5) is 0. The molecule has 2 nitrogen and oxygen atoms in total. The second-order valence-electron chi connectivity index (χ2n) is 2.92. The molecule has 14 heavy (non-hydrogen) atoms. The van der Waals surface area contributed by atoms with Gasteiger partial charge in [-0.15, -0.1) is 19.0 Å². The van der Waals surface area contributed by atoms with Gasteiger partial charge in [0.05, 0.1) is 6.04 Å². The Morgan fingerprint density at radius 3 is 2.64 bits per heavy atom. The van der Waals surface area contributed by atoms with Crippen molar-refractivity contribution in [3.63, 3.8) is 0 Å². The fourth-order valence-corrected chi connectivity index (χ4v) is 1.42. The highest BCUT2D eigenvalue weighted by Crippen LogP contribution is 2.30. The average molecular weight is 234 g/mol. The van der Waals surface area contributed by atoms with Crippen LogP contribution in [0, 0.1) is 6.92 Å². The number of aryl methyl sites for hydroxylation is 1. The zero-order chi connectivity index (χ0) is 10.0. The molecule has 0 saturated carbocycles. The molecule has 78 valence electrons. The lowest BCUT2D eigenvalue weighted by molar-refractivity contribution is 0.462. The fourth-order valence-electron chi connectivity index (χ4n) is 1.14. The summed E-state index contributed by atoms with van der Waals surface area (Å²) in [5.41, 5.74) is 7.03. The standard InChI is InChI=1S/C10H12ClNO.ClH/c1-3-9(12)8-5-7(11)4-6(2)10(8)13;/h3-5,9,13H,1,12H2,2H3;1H/t9-;/m0./s1. The summed E-state index contributed by atoms with van der Waals surface area (Å²) < 4.78 is 0. The van der Waals surface area contributed by atoms with Crippen LogP contribution in [0.4, 0.5) is 0 Å². The van der Waals surface area contributed by atoms with Gasteiger partial charge in [-0.2, -0.15) is 0 Å². The summed E-state index contributed by atoms with van der Waals surface area (Å²) in [6.07, 6.45) is 1.56. The highest BCUT2D eigenvalue weighted by molar-refractivity contribution is 6.30. The van der Waals surface area contributed by atoms with E-state index in [-0.39, 0.29) is 24.2 Å². The van der Waals surface area contributed by atoms with Gasteiger partial charge in [0.2, 0.25) is 0 Å². The molecule has 0 aliphatic carbocycles. The predicted octanol–water partition coefficient (Wildman–Crippen LogP) is 2.96. The molecule has 1 atom stereocenters. The van der Waals surface area contributed by atoms with E-state index in [1.165, 1.54) is 0 Å². The molecular formula is C10H13Cl2NO. The van der Waals surface area contributed by atoms with E-state index in [1.807, 2.05) is 0 Å². The van der Waals surface area contributed by atoms with Gasteiger partial charge in [0.25, 0.3) is 0 Å². The molecule has 3 N–H and O–H groups in total. The summed E-state index contributed by atoms with van der Waals surface area (Å²) >= 11 is 5.82. The van der Waals surface area contributed by atoms with Gasteiger partial charge in [-0.1, -0.05) is 17.7 Å². The Hall–Kier alpha value is -0.700. The molecule has 0 spiro atoms. The number of hydrogen-bond donors (Lipinski definition) is 2. The summed E-state index contributed by atoms with van der Waals surface area (Å²) in [5.74, 6) is 0.191. The first-order valence-corrected chi connectivity index (χ1v) is 4.31. The molecule has 0 saturated heterocycles. The maximum Gasteiger partial charge on any atom is 0.123 e. The molecule has 1 aromatic rings. The number of phenolic OH excluding ortho intramolecular Hbond substituents is 1. The molecule has 0 radical (unpaired) electrons. The highest BCUT2D eigenvalue weighted by Gasteiger charge is 2.10. The minimum absolute atomic E-state index is 0. The van der Waals surface area contributed by atoms with Gasteiger partial charge in [0.15, 0.2) is 0 Å². The number of phenols is 1. The van der Waals surface area contributed by atoms with E-state index in [0.717, 1.165) is 5.56 Å². The van der Waals surface area contributed by atoms with E-state index in [2.05, 4.69) is 6.58 Å². The second kappa shape index (κ2) is 5.25. The molecule has 1 rings (SSSR count). The first kappa shape index (κ1) is 13.3. The van der Waals surface area contributed by atoms with Crippen molar-refractivity contribution in [2.75, 3.05) is 0 Å². The van der Waals surface area contributed by atoms with Crippen molar-refractivity contribution in [2.45, 2.75) is 13.0 Å². The number of benzene rings is 1. The lowest BCUT2D eigenvalue weighted by Gasteiger charge is -2.11. The molecule has 0 aliphatic rings. The zero-order valence-electron chi connectivity index (χ0n) is 7.83. The van der Waals surface area contributed by atoms with E-state index < -0.39 is 0 Å². The fraction of sp³-hybridized carbons (Fsp3) is 0.200. The molecular weight excluding hydrogens is 221 g/mol. The molecule has 0 unspecified atom stereocenters. The molecule has 0 bridgehead atoms. The van der Waals surface area contributed by atoms with Crippen LogP contribution in [0.2, 0.25) is 5.02 Å². The molecule has 0 aromatic heterocycles. The van der Waals surface area contributed by atoms with Crippen molar-refractivity contribution in [1.29, 1.82) is 0 Å². The minimum Gasteiger partial charge on any atom is -0.507 e. The van der Waals surface area contributed by atoms with Gasteiger partial charge < -0.3 is 10.8 Å². The van der Waals surface area contributed by atoms with Crippen LogP contribution < -0.4 is 5.73 Å². The van der Waals surface area contributed by atoms with Gasteiger partial charge in [-0.25, -0.2) is 0 Å². The molecule has 0 aliphatic heterocycles. The quantitative estimate of drug-likeness (QED) is 0.772. The van der Waals surface area contributed by atoms with E-state index in [1.54, 1.807) is 25.1 Å². The van der Waals surface area contributed by atoms with Gasteiger partial charge in [0.1, 0.15) is 5.75 Å². The van der Waals surface area contributed by atoms with Crippen molar-refractivity contribution in [3.8, 4) is 5.75 Å². The van der Waals surface area contributed by atoms with E-state index >= 15 is 0 Å². The van der Waals surface area contributed by atoms with Crippen LogP contribution in [0.25, 0.3) is 0 Å². The topological polar surface area (TPSA) is 46.2 Å². The Balaban J connectivity index is 0.00000169. The second-order valence-corrected chi connectivity index (χ2v) is 3.36. The van der Waals surface area contributed by atoms with Gasteiger partial charge in [0, 0.05) is 10.6 Å². The summed E-state index contributed by atoms with van der Waals surface area (Å²) in [6.45, 7) is 5.34. The lowest BCUT2D eigenvalue weighted by atomic mass is 10.0. The molecule has 0 amide bonds. The Bertz CT molecular complexity index is 339. The van der Waals surface area contributed by atoms with Gasteiger partial charge in [-0.05, 0) is 24.6 Å². The molecule has 0 fully saturated rings. The Labute approximate surface area is 94.8 Å². The van der Waals surface area contributed by atoms with Crippen molar-refractivity contribution < 1.29 is 5.11 Å². The maximum absolute atomic E-state index is 9.64. The van der Waals surface area contributed by atoms with Gasteiger partial charge in [-0.3, -0.25) is 0 Å². The summed E-state index contributed by atoms with van der Waals surface area (Å²) in [6, 6.07) is 2.96. The van der Waals surface area contributed by atoms with Crippen LogP contribution in [-0.4, -0.2) is 5.11 Å². The third-order valence-corrected chi connectivity index (χ3v) is 2.13. The van der Waals surface area contributed by atoms with Crippen LogP contribution in [0.1, 0.15) is 17.2 Å². The first-order valence-electron chi connectivity index (χ1n) is 3.93. The Kier molecular flexibility index (Phi) is 4.99. The average Bonchev–Trinajstić information content (AvgIpc) is 2.10. The molecule has 4 heteroatoms. The van der Waals surface area contributed by atoms with Crippen LogP contribution >= 0.6 is 24.0 Å². The maximum atomic E-state index is 9.64. The van der Waals surface area contributed by atoms with E-state index in [9.17, 15) is 5.11 Å². The molecule has 0 heterocycles. The predicted molar refractivity (Wildman–Crippen MR) is 62.2 cm³/mol. The van der Waals surface area contributed by atoms with E-state index in [4.69, 9.17) is 17.3 Å². The largest absolute Gasteiger partial charge is 0.507 e. The SMILES string of the molecule is C=C[C@H](N)c1cc(Cl)cc(C)c1O.Cl.